The second kappa shape index (κ2) is 9.43. The molecule has 0 bridgehead atoms. The maximum absolute atomic E-state index is 14.1. The van der Waals surface area contributed by atoms with Crippen LogP contribution >= 0.6 is 11.8 Å². The van der Waals surface area contributed by atoms with Crippen LogP contribution in [0.4, 0.5) is 15.8 Å². The first-order valence-corrected chi connectivity index (χ1v) is 11.7. The number of nitrogens with one attached hydrogen (secondary N) is 1. The van der Waals surface area contributed by atoms with Gasteiger partial charge in [0.2, 0.25) is 11.8 Å². The minimum Gasteiger partial charge on any atom is -0.326 e. The molecule has 0 radical (unpaired) electrons. The highest BCUT2D eigenvalue weighted by molar-refractivity contribution is 8.00. The number of carbonyl (C=O) groups excluding carboxylic acids is 2. The molecule has 31 heavy (non-hydrogen) atoms. The summed E-state index contributed by atoms with van der Waals surface area (Å²) < 4.78 is 14.1. The summed E-state index contributed by atoms with van der Waals surface area (Å²) in [6, 6.07) is 12.4. The minimum absolute atomic E-state index is 0.0121. The van der Waals surface area contributed by atoms with Gasteiger partial charge in [-0.1, -0.05) is 45.9 Å². The lowest BCUT2D eigenvalue weighted by atomic mass is 9.84. The van der Waals surface area contributed by atoms with Gasteiger partial charge in [-0.2, -0.15) is 0 Å². The molecular formula is C25H31FN2O2S. The van der Waals surface area contributed by atoms with Crippen LogP contribution in [-0.4, -0.2) is 17.6 Å². The topological polar surface area (TPSA) is 49.4 Å². The second-order valence-electron chi connectivity index (χ2n) is 9.56. The molecule has 1 heterocycles. The van der Waals surface area contributed by atoms with Crippen molar-refractivity contribution in [2.24, 2.45) is 11.3 Å². The molecule has 4 nitrogen and oxygen atoms in total. The molecule has 1 aliphatic rings. The van der Waals surface area contributed by atoms with Gasteiger partial charge in [-0.3, -0.25) is 14.5 Å². The van der Waals surface area contributed by atoms with Gasteiger partial charge in [-0.25, -0.2) is 4.39 Å². The summed E-state index contributed by atoms with van der Waals surface area (Å²) in [7, 11) is 0. The molecule has 166 valence electrons. The van der Waals surface area contributed by atoms with Gasteiger partial charge in [-0.05, 0) is 54.5 Å². The van der Waals surface area contributed by atoms with Gasteiger partial charge in [0.25, 0.3) is 0 Å². The Hall–Kier alpha value is -2.34. The number of benzene rings is 2. The maximum Gasteiger partial charge on any atom is 0.238 e. The van der Waals surface area contributed by atoms with E-state index in [0.29, 0.717) is 29.1 Å². The molecule has 1 aliphatic heterocycles. The molecule has 1 fully saturated rings. The zero-order valence-corrected chi connectivity index (χ0v) is 19.7. The van der Waals surface area contributed by atoms with Crippen LogP contribution in [0.2, 0.25) is 0 Å². The monoisotopic (exact) mass is 442 g/mol. The van der Waals surface area contributed by atoms with E-state index in [4.69, 9.17) is 0 Å². The van der Waals surface area contributed by atoms with Crippen molar-refractivity contribution in [3.63, 3.8) is 0 Å². The van der Waals surface area contributed by atoms with E-state index in [-0.39, 0.29) is 34.3 Å². The summed E-state index contributed by atoms with van der Waals surface area (Å²) in [6.07, 6.45) is 1.44. The molecule has 2 aromatic carbocycles. The smallest absolute Gasteiger partial charge is 0.238 e. The molecule has 0 spiro atoms. The number of halogens is 1. The lowest BCUT2D eigenvalue weighted by molar-refractivity contribution is -0.117. The molecule has 2 amide bonds. The van der Waals surface area contributed by atoms with Gasteiger partial charge >= 0.3 is 0 Å². The number of carbonyl (C=O) groups is 2. The quantitative estimate of drug-likeness (QED) is 0.570. The average Bonchev–Trinajstić information content (AvgIpc) is 3.04. The maximum atomic E-state index is 14.1. The minimum atomic E-state index is -0.327. The molecule has 0 unspecified atom stereocenters. The molecule has 3 rings (SSSR count). The summed E-state index contributed by atoms with van der Waals surface area (Å²) >= 11 is 1.51. The van der Waals surface area contributed by atoms with Crippen LogP contribution in [0, 0.1) is 24.1 Å². The summed E-state index contributed by atoms with van der Waals surface area (Å²) in [5.74, 6) is 0.238. The van der Waals surface area contributed by atoms with Crippen molar-refractivity contribution in [2.45, 2.75) is 52.8 Å². The van der Waals surface area contributed by atoms with E-state index in [1.165, 1.54) is 17.8 Å². The molecule has 1 N–H and O–H groups in total. The van der Waals surface area contributed by atoms with Crippen molar-refractivity contribution in [2.75, 3.05) is 16.0 Å². The van der Waals surface area contributed by atoms with Gasteiger partial charge in [0.1, 0.15) is 11.2 Å². The van der Waals surface area contributed by atoms with Crippen molar-refractivity contribution >= 4 is 35.0 Å². The SMILES string of the molecule is Cc1c(F)cccc1N1C(=O)CS[C@@H]1c1cccc(NC(=O)C[C@H](C)CC(C)(C)C)c1. The molecule has 1 saturated heterocycles. The Balaban J connectivity index is 1.77. The Kier molecular flexibility index (Phi) is 7.10. The number of thioether (sulfide) groups is 1. The van der Waals surface area contributed by atoms with Crippen LogP contribution < -0.4 is 10.2 Å². The van der Waals surface area contributed by atoms with Crippen molar-refractivity contribution in [1.82, 2.24) is 0 Å². The van der Waals surface area contributed by atoms with Crippen LogP contribution in [0.5, 0.6) is 0 Å². The van der Waals surface area contributed by atoms with E-state index in [2.05, 4.69) is 33.0 Å². The van der Waals surface area contributed by atoms with Crippen molar-refractivity contribution in [1.29, 1.82) is 0 Å². The number of nitrogens with zero attached hydrogens (tertiary/aromatic N) is 1. The number of anilines is 2. The third kappa shape index (κ3) is 5.88. The molecule has 0 aliphatic carbocycles. The first kappa shape index (κ1) is 23.3. The number of hydrogen-bond acceptors (Lipinski definition) is 3. The van der Waals surface area contributed by atoms with E-state index >= 15 is 0 Å². The summed E-state index contributed by atoms with van der Waals surface area (Å²) in [5.41, 5.74) is 2.84. The standard InChI is InChI=1S/C25H31FN2O2S/c1-16(14-25(3,4)5)12-22(29)27-19-9-6-8-18(13-19)24-28(23(30)15-31-24)21-11-7-10-20(26)17(21)2/h6-11,13,16,24H,12,14-15H2,1-5H3,(H,27,29)/t16-,24+/m0/s1. The van der Waals surface area contributed by atoms with Gasteiger partial charge in [0.05, 0.1) is 11.4 Å². The van der Waals surface area contributed by atoms with Gasteiger partial charge in [0.15, 0.2) is 0 Å². The van der Waals surface area contributed by atoms with E-state index in [1.807, 2.05) is 24.3 Å². The number of hydrogen-bond donors (Lipinski definition) is 1. The molecule has 2 atom stereocenters. The largest absolute Gasteiger partial charge is 0.326 e. The Morgan fingerprint density at radius 3 is 2.68 bits per heavy atom. The number of rotatable bonds is 6. The Bertz CT molecular complexity index is 970. The second-order valence-corrected chi connectivity index (χ2v) is 10.6. The lowest BCUT2D eigenvalue weighted by Gasteiger charge is -2.26. The highest BCUT2D eigenvalue weighted by Gasteiger charge is 2.35. The zero-order chi connectivity index (χ0) is 22.8. The van der Waals surface area contributed by atoms with Gasteiger partial charge in [0, 0.05) is 17.7 Å². The average molecular weight is 443 g/mol. The van der Waals surface area contributed by atoms with Crippen molar-refractivity contribution in [3.8, 4) is 0 Å². The van der Waals surface area contributed by atoms with Crippen molar-refractivity contribution < 1.29 is 14.0 Å². The molecular weight excluding hydrogens is 411 g/mol. The van der Waals surface area contributed by atoms with Crippen LogP contribution in [0.3, 0.4) is 0 Å². The highest BCUT2D eigenvalue weighted by atomic mass is 32.2. The fourth-order valence-electron chi connectivity index (χ4n) is 4.20. The molecule has 2 aromatic rings. The lowest BCUT2D eigenvalue weighted by Crippen LogP contribution is -2.28. The normalized spacial score (nSPS) is 17.7. The first-order chi connectivity index (χ1) is 14.5. The summed E-state index contributed by atoms with van der Waals surface area (Å²) in [5, 5.41) is 2.74. The molecule has 0 saturated carbocycles. The van der Waals surface area contributed by atoms with E-state index < -0.39 is 0 Å². The zero-order valence-electron chi connectivity index (χ0n) is 18.9. The van der Waals surface area contributed by atoms with Gasteiger partial charge < -0.3 is 5.32 Å². The third-order valence-corrected chi connectivity index (χ3v) is 6.53. The predicted molar refractivity (Wildman–Crippen MR) is 127 cm³/mol. The van der Waals surface area contributed by atoms with E-state index in [9.17, 15) is 14.0 Å². The third-order valence-electron chi connectivity index (χ3n) is 5.32. The molecule has 6 heteroatoms. The van der Waals surface area contributed by atoms with E-state index in [0.717, 1.165) is 12.0 Å². The molecule has 0 aromatic heterocycles. The van der Waals surface area contributed by atoms with Crippen molar-refractivity contribution in [3.05, 3.63) is 59.4 Å². The Morgan fingerprint density at radius 1 is 1.26 bits per heavy atom. The summed E-state index contributed by atoms with van der Waals surface area (Å²) in [4.78, 5) is 26.8. The fourth-order valence-corrected chi connectivity index (χ4v) is 5.36. The van der Waals surface area contributed by atoms with Crippen LogP contribution in [0.15, 0.2) is 42.5 Å². The fraction of sp³-hybridized carbons (Fsp3) is 0.440. The first-order valence-electron chi connectivity index (χ1n) is 10.6. The van der Waals surface area contributed by atoms with Crippen LogP contribution in [-0.2, 0) is 9.59 Å². The van der Waals surface area contributed by atoms with Crippen LogP contribution in [0.25, 0.3) is 0 Å². The predicted octanol–water partition coefficient (Wildman–Crippen LogP) is 6.31. The van der Waals surface area contributed by atoms with E-state index in [1.54, 1.807) is 24.0 Å². The van der Waals surface area contributed by atoms with Gasteiger partial charge in [-0.15, -0.1) is 11.8 Å². The summed E-state index contributed by atoms with van der Waals surface area (Å²) in [6.45, 7) is 10.3. The Labute approximate surface area is 188 Å². The van der Waals surface area contributed by atoms with Crippen LogP contribution in [0.1, 0.15) is 57.0 Å². The number of amides is 2. The highest BCUT2D eigenvalue weighted by Crippen LogP contribution is 2.43. The Morgan fingerprint density at radius 2 is 1.97 bits per heavy atom.